The van der Waals surface area contributed by atoms with Crippen LogP contribution in [0.1, 0.15) is 61.7 Å². The number of nitrogens with zero attached hydrogens (tertiary/aromatic N) is 2. The van der Waals surface area contributed by atoms with Crippen LogP contribution in [0.5, 0.6) is 5.75 Å². The normalized spacial score (nSPS) is 35.1. The van der Waals surface area contributed by atoms with E-state index in [1.165, 1.54) is 6.07 Å². The number of carbonyl (C=O) groups excluding carboxylic acids is 1. The number of aliphatic hydroxyl groups excluding tert-OH is 1. The van der Waals surface area contributed by atoms with E-state index in [0.717, 1.165) is 11.6 Å². The fourth-order valence-electron chi connectivity index (χ4n) is 5.98. The number of ether oxygens (including phenoxy) is 2. The van der Waals surface area contributed by atoms with Crippen molar-refractivity contribution in [3.05, 3.63) is 46.5 Å². The van der Waals surface area contributed by atoms with E-state index in [2.05, 4.69) is 15.2 Å². The predicted octanol–water partition coefficient (Wildman–Crippen LogP) is 4.09. The summed E-state index contributed by atoms with van der Waals surface area (Å²) in [6.07, 6.45) is -1.12. The minimum atomic E-state index is -4.61. The van der Waals surface area contributed by atoms with Gasteiger partial charge in [0.05, 0.1) is 29.0 Å². The molecule has 4 saturated carbocycles. The summed E-state index contributed by atoms with van der Waals surface area (Å²) < 4.78 is 62.4. The number of aromatic nitrogens is 2. The second-order valence-corrected chi connectivity index (χ2v) is 10.7. The molecule has 2 heterocycles. The van der Waals surface area contributed by atoms with Crippen molar-refractivity contribution in [1.29, 1.82) is 0 Å². The number of rotatable bonds is 5. The van der Waals surface area contributed by atoms with E-state index in [9.17, 15) is 27.5 Å². The van der Waals surface area contributed by atoms with Gasteiger partial charge in [0, 0.05) is 29.8 Å². The number of fused-ring (bicyclic) bond motifs is 1. The monoisotopic (exact) mass is 515 g/mol. The van der Waals surface area contributed by atoms with E-state index in [1.807, 2.05) is 10.9 Å². The molecule has 2 N–H and O–H groups in total. The van der Waals surface area contributed by atoms with Gasteiger partial charge in [-0.2, -0.15) is 5.10 Å². The van der Waals surface area contributed by atoms with Gasteiger partial charge < -0.3 is 15.2 Å². The molecule has 2 bridgehead atoms. The van der Waals surface area contributed by atoms with Crippen molar-refractivity contribution in [2.45, 2.75) is 80.2 Å². The van der Waals surface area contributed by atoms with E-state index in [1.54, 1.807) is 6.20 Å². The van der Waals surface area contributed by atoms with Gasteiger partial charge in [0.15, 0.2) is 6.10 Å². The highest BCUT2D eigenvalue weighted by atomic mass is 35.5. The van der Waals surface area contributed by atoms with Crippen molar-refractivity contribution in [3.63, 3.8) is 0 Å². The van der Waals surface area contributed by atoms with Crippen molar-refractivity contribution in [2.75, 3.05) is 0 Å². The van der Waals surface area contributed by atoms with E-state index in [-0.39, 0.29) is 40.1 Å². The van der Waals surface area contributed by atoms with Crippen LogP contribution in [0.25, 0.3) is 0 Å². The summed E-state index contributed by atoms with van der Waals surface area (Å²) in [6, 6.07) is 2.38. The van der Waals surface area contributed by atoms with Gasteiger partial charge in [-0.3, -0.25) is 14.2 Å². The third kappa shape index (κ3) is 3.88. The van der Waals surface area contributed by atoms with Crippen LogP contribution in [0.4, 0.5) is 17.6 Å². The maximum absolute atomic E-state index is 13.8. The lowest BCUT2D eigenvalue weighted by molar-refractivity contribution is -0.351. The fraction of sp³-hybridized carbons (Fsp3) is 0.565. The molecular formula is C23H22ClF4N3O4. The highest BCUT2D eigenvalue weighted by Gasteiger charge is 2.70. The Bertz CT molecular complexity index is 1180. The van der Waals surface area contributed by atoms with Gasteiger partial charge in [0.1, 0.15) is 11.6 Å². The number of amides is 1. The molecule has 4 aliphatic carbocycles. The van der Waals surface area contributed by atoms with Crippen LogP contribution in [0, 0.1) is 5.82 Å². The zero-order valence-corrected chi connectivity index (χ0v) is 19.1. The summed E-state index contributed by atoms with van der Waals surface area (Å²) in [7, 11) is 0. The van der Waals surface area contributed by atoms with Gasteiger partial charge in [-0.1, -0.05) is 11.6 Å². The van der Waals surface area contributed by atoms with E-state index in [4.69, 9.17) is 16.3 Å². The number of alkyl halides is 3. The standard InChI is InChI=1S/C23H22ClF4N3O4/c24-15-3-14-17(32)5-19(34-18(14)4-16(15)25)20(33)30-21-8-22(9-21,10-21)31-7-12(6-29-31)11-1-13(2-11)35-23(26,27)28/h3-4,6-7,11,13,17,19,32H,1-2,5,8-10H2,(H,30,33)/t11?,13?,17-,19-,21?,22?/m1/s1. The molecule has 7 rings (SSSR count). The Morgan fingerprint density at radius 3 is 2.66 bits per heavy atom. The van der Waals surface area contributed by atoms with Gasteiger partial charge in [-0.05, 0) is 49.7 Å². The number of hydrogen-bond acceptors (Lipinski definition) is 5. The van der Waals surface area contributed by atoms with Crippen LogP contribution in [-0.2, 0) is 15.1 Å². The lowest BCUT2D eigenvalue weighted by atomic mass is 9.44. The van der Waals surface area contributed by atoms with Crippen molar-refractivity contribution in [2.24, 2.45) is 0 Å². The topological polar surface area (TPSA) is 85.6 Å². The Morgan fingerprint density at radius 2 is 1.97 bits per heavy atom. The van der Waals surface area contributed by atoms with Crippen molar-refractivity contribution < 1.29 is 36.9 Å². The first-order valence-corrected chi connectivity index (χ1v) is 11.8. The maximum atomic E-state index is 13.8. The molecule has 1 aromatic heterocycles. The molecule has 0 saturated heterocycles. The third-order valence-electron chi connectivity index (χ3n) is 7.76. The summed E-state index contributed by atoms with van der Waals surface area (Å²) >= 11 is 5.78. The molecule has 1 amide bonds. The van der Waals surface area contributed by atoms with E-state index < -0.39 is 30.5 Å². The average Bonchev–Trinajstić information content (AvgIpc) is 3.15. The van der Waals surface area contributed by atoms with Crippen LogP contribution in [0.3, 0.4) is 0 Å². The summed E-state index contributed by atoms with van der Waals surface area (Å²) in [6.45, 7) is 0. The summed E-state index contributed by atoms with van der Waals surface area (Å²) in [4.78, 5) is 12.9. The number of benzene rings is 1. The SMILES string of the molecule is O=C(NC12CC(n3cc(C4CC(OC(F)(F)F)C4)cn3)(C1)C2)[C@H]1C[C@@H](O)c2cc(Cl)c(F)cc2O1. The Morgan fingerprint density at radius 1 is 1.26 bits per heavy atom. The van der Waals surface area contributed by atoms with Crippen molar-refractivity contribution >= 4 is 17.5 Å². The first-order valence-electron chi connectivity index (χ1n) is 11.4. The molecule has 12 heteroatoms. The number of halogens is 5. The number of aliphatic hydroxyl groups is 1. The largest absolute Gasteiger partial charge is 0.522 e. The number of nitrogens with one attached hydrogen (secondary N) is 1. The molecule has 188 valence electrons. The van der Waals surface area contributed by atoms with E-state index in [0.29, 0.717) is 37.7 Å². The van der Waals surface area contributed by atoms with Crippen LogP contribution >= 0.6 is 11.6 Å². The Labute approximate surface area is 202 Å². The zero-order chi connectivity index (χ0) is 24.8. The van der Waals surface area contributed by atoms with Crippen LogP contribution < -0.4 is 10.1 Å². The second kappa shape index (κ2) is 7.57. The number of hydrogen-bond donors (Lipinski definition) is 2. The van der Waals surface area contributed by atoms with Gasteiger partial charge in [0.2, 0.25) is 0 Å². The van der Waals surface area contributed by atoms with Gasteiger partial charge >= 0.3 is 6.36 Å². The summed E-state index contributed by atoms with van der Waals surface area (Å²) in [5, 5.41) is 17.7. The minimum absolute atomic E-state index is 0.00501. The molecule has 0 radical (unpaired) electrons. The highest BCUT2D eigenvalue weighted by Crippen LogP contribution is 2.65. The van der Waals surface area contributed by atoms with Gasteiger partial charge in [-0.15, -0.1) is 13.2 Å². The first kappa shape index (κ1) is 23.1. The fourth-order valence-corrected chi connectivity index (χ4v) is 6.15. The molecule has 4 fully saturated rings. The molecule has 2 atom stereocenters. The quantitative estimate of drug-likeness (QED) is 0.586. The highest BCUT2D eigenvalue weighted by molar-refractivity contribution is 6.30. The van der Waals surface area contributed by atoms with Crippen molar-refractivity contribution in [3.8, 4) is 5.75 Å². The summed E-state index contributed by atoms with van der Waals surface area (Å²) in [5.41, 5.74) is 0.648. The molecule has 2 aromatic rings. The summed E-state index contributed by atoms with van der Waals surface area (Å²) in [5.74, 6) is -0.967. The molecule has 7 nitrogen and oxygen atoms in total. The van der Waals surface area contributed by atoms with Gasteiger partial charge in [-0.25, -0.2) is 4.39 Å². The molecule has 0 unspecified atom stereocenters. The molecule has 0 spiro atoms. The van der Waals surface area contributed by atoms with Gasteiger partial charge in [0.25, 0.3) is 5.91 Å². The molecule has 1 aromatic carbocycles. The van der Waals surface area contributed by atoms with Crippen LogP contribution in [0.15, 0.2) is 24.5 Å². The first-order chi connectivity index (χ1) is 16.4. The molecule has 1 aliphatic heterocycles. The average molecular weight is 516 g/mol. The second-order valence-electron chi connectivity index (χ2n) is 10.3. The van der Waals surface area contributed by atoms with Crippen LogP contribution in [0.2, 0.25) is 5.02 Å². The lowest BCUT2D eigenvalue weighted by Crippen LogP contribution is -2.79. The molecule has 35 heavy (non-hydrogen) atoms. The Balaban J connectivity index is 1.04. The minimum Gasteiger partial charge on any atom is -0.480 e. The molecular weight excluding hydrogens is 494 g/mol. The van der Waals surface area contributed by atoms with E-state index >= 15 is 0 Å². The lowest BCUT2D eigenvalue weighted by Gasteiger charge is -2.70. The van der Waals surface area contributed by atoms with Crippen molar-refractivity contribution in [1.82, 2.24) is 15.1 Å². The smallest absolute Gasteiger partial charge is 0.480 e. The zero-order valence-electron chi connectivity index (χ0n) is 18.3. The molecule has 5 aliphatic rings. The Hall–Kier alpha value is -2.37. The number of carbonyl (C=O) groups is 1. The third-order valence-corrected chi connectivity index (χ3v) is 8.05. The van der Waals surface area contributed by atoms with Crippen LogP contribution in [-0.4, -0.2) is 44.9 Å². The maximum Gasteiger partial charge on any atom is 0.522 e. The predicted molar refractivity (Wildman–Crippen MR) is 113 cm³/mol. The Kier molecular flexibility index (Phi) is 4.98.